The summed E-state index contributed by atoms with van der Waals surface area (Å²) in [5, 5.41) is 3.40. The van der Waals surface area contributed by atoms with Crippen molar-refractivity contribution in [3.63, 3.8) is 0 Å². The van der Waals surface area contributed by atoms with Gasteiger partial charge in [-0.2, -0.15) is 11.8 Å². The van der Waals surface area contributed by atoms with Crippen LogP contribution in [0.3, 0.4) is 0 Å². The Hall–Kier alpha value is 0.270. The van der Waals surface area contributed by atoms with Crippen LogP contribution in [-0.4, -0.2) is 37.3 Å². The molecule has 0 saturated heterocycles. The predicted molar refractivity (Wildman–Crippen MR) is 64.1 cm³/mol. The van der Waals surface area contributed by atoms with Gasteiger partial charge in [-0.1, -0.05) is 19.8 Å². The second-order valence-electron chi connectivity index (χ2n) is 3.72. The Morgan fingerprint density at radius 1 is 1.29 bits per heavy atom. The van der Waals surface area contributed by atoms with Gasteiger partial charge in [0.05, 0.1) is 12.7 Å². The molecule has 0 heterocycles. The number of hydrogen-bond acceptors (Lipinski definition) is 3. The lowest BCUT2D eigenvalue weighted by Crippen LogP contribution is -2.24. The molecule has 2 nitrogen and oxygen atoms in total. The van der Waals surface area contributed by atoms with E-state index in [1.54, 1.807) is 0 Å². The lowest BCUT2D eigenvalue weighted by Gasteiger charge is -2.11. The number of thioether (sulfide) groups is 1. The summed E-state index contributed by atoms with van der Waals surface area (Å²) in [6.45, 7) is 5.22. The van der Waals surface area contributed by atoms with Crippen LogP contribution >= 0.6 is 11.8 Å². The summed E-state index contributed by atoms with van der Waals surface area (Å²) >= 11 is 1.99. The SMILES string of the molecule is CCSCCNCCOC1CCCC1. The van der Waals surface area contributed by atoms with Crippen LogP contribution in [0, 0.1) is 0 Å². The molecule has 0 aliphatic heterocycles. The largest absolute Gasteiger partial charge is 0.377 e. The third-order valence-electron chi connectivity index (χ3n) is 2.56. The van der Waals surface area contributed by atoms with Crippen molar-refractivity contribution in [1.29, 1.82) is 0 Å². The molecule has 0 aromatic rings. The highest BCUT2D eigenvalue weighted by Gasteiger charge is 2.14. The molecule has 0 unspecified atom stereocenters. The van der Waals surface area contributed by atoms with Gasteiger partial charge in [0, 0.05) is 18.8 Å². The van der Waals surface area contributed by atoms with Crippen LogP contribution in [0.1, 0.15) is 32.6 Å². The monoisotopic (exact) mass is 217 g/mol. The van der Waals surface area contributed by atoms with E-state index in [1.165, 1.54) is 37.2 Å². The average Bonchev–Trinajstić information content (AvgIpc) is 2.69. The fourth-order valence-electron chi connectivity index (χ4n) is 1.77. The van der Waals surface area contributed by atoms with Crippen molar-refractivity contribution in [3.8, 4) is 0 Å². The summed E-state index contributed by atoms with van der Waals surface area (Å²) in [6, 6.07) is 0. The van der Waals surface area contributed by atoms with E-state index < -0.39 is 0 Å². The van der Waals surface area contributed by atoms with Gasteiger partial charge in [-0.15, -0.1) is 0 Å². The zero-order chi connectivity index (χ0) is 10.1. The van der Waals surface area contributed by atoms with E-state index in [9.17, 15) is 0 Å². The van der Waals surface area contributed by atoms with E-state index in [4.69, 9.17) is 4.74 Å². The van der Waals surface area contributed by atoms with Crippen LogP contribution in [0.15, 0.2) is 0 Å². The van der Waals surface area contributed by atoms with Gasteiger partial charge in [0.15, 0.2) is 0 Å². The first-order valence-corrected chi connectivity index (χ1v) is 6.99. The van der Waals surface area contributed by atoms with Gasteiger partial charge in [-0.25, -0.2) is 0 Å². The number of hydrogen-bond donors (Lipinski definition) is 1. The molecule has 14 heavy (non-hydrogen) atoms. The smallest absolute Gasteiger partial charge is 0.0594 e. The predicted octanol–water partition coefficient (Wildman–Crippen LogP) is 2.29. The molecule has 0 amide bonds. The van der Waals surface area contributed by atoms with Crippen LogP contribution in [0.5, 0.6) is 0 Å². The summed E-state index contributed by atoms with van der Waals surface area (Å²) in [4.78, 5) is 0. The fourth-order valence-corrected chi connectivity index (χ4v) is 2.34. The Kier molecular flexibility index (Phi) is 7.55. The summed E-state index contributed by atoms with van der Waals surface area (Å²) in [5.74, 6) is 2.44. The van der Waals surface area contributed by atoms with Crippen LogP contribution in [0.25, 0.3) is 0 Å². The fraction of sp³-hybridized carbons (Fsp3) is 1.00. The number of rotatable bonds is 8. The maximum Gasteiger partial charge on any atom is 0.0594 e. The zero-order valence-corrected chi connectivity index (χ0v) is 10.1. The van der Waals surface area contributed by atoms with Crippen molar-refractivity contribution in [2.45, 2.75) is 38.7 Å². The second kappa shape index (κ2) is 8.57. The van der Waals surface area contributed by atoms with Crippen molar-refractivity contribution in [3.05, 3.63) is 0 Å². The van der Waals surface area contributed by atoms with Gasteiger partial charge in [0.25, 0.3) is 0 Å². The molecular formula is C11H23NOS. The minimum Gasteiger partial charge on any atom is -0.377 e. The van der Waals surface area contributed by atoms with E-state index in [0.717, 1.165) is 19.7 Å². The first-order chi connectivity index (χ1) is 6.93. The molecule has 0 bridgehead atoms. The molecule has 1 N–H and O–H groups in total. The lowest BCUT2D eigenvalue weighted by molar-refractivity contribution is 0.0607. The Morgan fingerprint density at radius 2 is 2.07 bits per heavy atom. The Balaban J connectivity index is 1.75. The normalized spacial score (nSPS) is 17.8. The molecule has 1 saturated carbocycles. The molecule has 0 aromatic heterocycles. The quantitative estimate of drug-likeness (QED) is 0.630. The molecule has 0 atom stereocenters. The van der Waals surface area contributed by atoms with Crippen molar-refractivity contribution >= 4 is 11.8 Å². The van der Waals surface area contributed by atoms with Crippen LogP contribution in [0.4, 0.5) is 0 Å². The average molecular weight is 217 g/mol. The van der Waals surface area contributed by atoms with E-state index in [-0.39, 0.29) is 0 Å². The van der Waals surface area contributed by atoms with Gasteiger partial charge >= 0.3 is 0 Å². The van der Waals surface area contributed by atoms with Crippen molar-refractivity contribution in [2.75, 3.05) is 31.2 Å². The number of ether oxygens (including phenoxy) is 1. The Labute approximate surface area is 92.2 Å². The van der Waals surface area contributed by atoms with Gasteiger partial charge in [0.1, 0.15) is 0 Å². The first-order valence-electron chi connectivity index (χ1n) is 5.83. The molecule has 84 valence electrons. The van der Waals surface area contributed by atoms with Gasteiger partial charge < -0.3 is 10.1 Å². The summed E-state index contributed by atoms with van der Waals surface area (Å²) in [7, 11) is 0. The van der Waals surface area contributed by atoms with Crippen molar-refractivity contribution < 1.29 is 4.74 Å². The first kappa shape index (κ1) is 12.3. The molecule has 0 radical (unpaired) electrons. The Morgan fingerprint density at radius 3 is 2.79 bits per heavy atom. The third-order valence-corrected chi connectivity index (χ3v) is 3.46. The zero-order valence-electron chi connectivity index (χ0n) is 9.26. The molecule has 1 aliphatic rings. The molecule has 0 spiro atoms. The standard InChI is InChI=1S/C11H23NOS/c1-2-14-10-8-12-7-9-13-11-5-3-4-6-11/h11-12H,2-10H2,1H3. The summed E-state index contributed by atoms with van der Waals surface area (Å²) in [6.07, 6.45) is 5.87. The number of nitrogens with one attached hydrogen (secondary N) is 1. The van der Waals surface area contributed by atoms with E-state index in [2.05, 4.69) is 12.2 Å². The molecular weight excluding hydrogens is 194 g/mol. The third kappa shape index (κ3) is 5.89. The minimum absolute atomic E-state index is 0.571. The highest BCUT2D eigenvalue weighted by atomic mass is 32.2. The van der Waals surface area contributed by atoms with Crippen molar-refractivity contribution in [1.82, 2.24) is 5.32 Å². The van der Waals surface area contributed by atoms with Crippen molar-refractivity contribution in [2.24, 2.45) is 0 Å². The molecule has 1 fully saturated rings. The van der Waals surface area contributed by atoms with Gasteiger partial charge in [-0.05, 0) is 18.6 Å². The van der Waals surface area contributed by atoms with Crippen LogP contribution in [-0.2, 0) is 4.74 Å². The molecule has 1 aliphatic carbocycles. The summed E-state index contributed by atoms with van der Waals surface area (Å²) in [5.41, 5.74) is 0. The van der Waals surface area contributed by atoms with Gasteiger partial charge in [-0.3, -0.25) is 0 Å². The van der Waals surface area contributed by atoms with Crippen LogP contribution in [0.2, 0.25) is 0 Å². The van der Waals surface area contributed by atoms with Crippen LogP contribution < -0.4 is 5.32 Å². The van der Waals surface area contributed by atoms with Gasteiger partial charge in [0.2, 0.25) is 0 Å². The lowest BCUT2D eigenvalue weighted by atomic mass is 10.3. The minimum atomic E-state index is 0.571. The van der Waals surface area contributed by atoms with E-state index >= 15 is 0 Å². The van der Waals surface area contributed by atoms with E-state index in [0.29, 0.717) is 6.10 Å². The highest BCUT2D eigenvalue weighted by Crippen LogP contribution is 2.20. The van der Waals surface area contributed by atoms with E-state index in [1.807, 2.05) is 11.8 Å². The topological polar surface area (TPSA) is 21.3 Å². The maximum absolute atomic E-state index is 5.74. The maximum atomic E-state index is 5.74. The molecule has 3 heteroatoms. The molecule has 1 rings (SSSR count). The summed E-state index contributed by atoms with van der Waals surface area (Å²) < 4.78 is 5.74. The second-order valence-corrected chi connectivity index (χ2v) is 5.12. The highest BCUT2D eigenvalue weighted by molar-refractivity contribution is 7.99. The molecule has 0 aromatic carbocycles. The Bertz CT molecular complexity index is 126.